The molecule has 0 saturated carbocycles. The number of thiazole rings is 1. The first-order valence-corrected chi connectivity index (χ1v) is 8.69. The van der Waals surface area contributed by atoms with E-state index in [1.807, 2.05) is 30.3 Å². The van der Waals surface area contributed by atoms with Gasteiger partial charge >= 0.3 is 0 Å². The highest BCUT2D eigenvalue weighted by Gasteiger charge is 2.13. The lowest BCUT2D eigenvalue weighted by Gasteiger charge is -2.02. The molecular weight excluding hydrogens is 328 g/mol. The molecule has 0 fully saturated rings. The fraction of sp³-hybridized carbons (Fsp3) is 0.0667. The van der Waals surface area contributed by atoms with Crippen molar-refractivity contribution in [2.75, 3.05) is 5.84 Å². The van der Waals surface area contributed by atoms with Gasteiger partial charge in [-0.05, 0) is 24.3 Å². The zero-order valence-corrected chi connectivity index (χ0v) is 13.6. The second-order valence-corrected chi connectivity index (χ2v) is 6.84. The number of hydrogen-bond donors (Lipinski definition) is 1. The van der Waals surface area contributed by atoms with Crippen LogP contribution in [0.3, 0.4) is 0 Å². The summed E-state index contributed by atoms with van der Waals surface area (Å²) in [6, 6.07) is 11.9. The van der Waals surface area contributed by atoms with Crippen molar-refractivity contribution in [3.05, 3.63) is 53.8 Å². The van der Waals surface area contributed by atoms with Gasteiger partial charge in [-0.1, -0.05) is 23.9 Å². The lowest BCUT2D eigenvalue weighted by Crippen LogP contribution is -2.11. The van der Waals surface area contributed by atoms with Crippen molar-refractivity contribution in [1.29, 1.82) is 0 Å². The molecule has 23 heavy (non-hydrogen) atoms. The SMILES string of the molecule is Nn1c(SCc2nc3ccccc3s2)nnc1-c1cccnc1. The van der Waals surface area contributed by atoms with Gasteiger partial charge in [0, 0.05) is 18.0 Å². The Morgan fingerprint density at radius 2 is 2.04 bits per heavy atom. The number of nitrogens with two attached hydrogens (primary N) is 1. The third kappa shape index (κ3) is 2.78. The largest absolute Gasteiger partial charge is 0.335 e. The summed E-state index contributed by atoms with van der Waals surface area (Å²) < 4.78 is 2.68. The number of hydrogen-bond acceptors (Lipinski definition) is 7. The van der Waals surface area contributed by atoms with Crippen LogP contribution in [0.15, 0.2) is 53.9 Å². The van der Waals surface area contributed by atoms with Gasteiger partial charge in [0.15, 0.2) is 5.82 Å². The molecule has 3 aromatic heterocycles. The van der Waals surface area contributed by atoms with Crippen LogP contribution in [0.4, 0.5) is 0 Å². The lowest BCUT2D eigenvalue weighted by molar-refractivity contribution is 0.849. The third-order valence-corrected chi connectivity index (χ3v) is 5.42. The Morgan fingerprint density at radius 1 is 1.13 bits per heavy atom. The molecule has 8 heteroatoms. The van der Waals surface area contributed by atoms with Gasteiger partial charge in [0.1, 0.15) is 5.01 Å². The zero-order valence-electron chi connectivity index (χ0n) is 12.0. The molecule has 114 valence electrons. The minimum atomic E-state index is 0.602. The van der Waals surface area contributed by atoms with Gasteiger partial charge in [-0.2, -0.15) is 0 Å². The van der Waals surface area contributed by atoms with Crippen LogP contribution >= 0.6 is 23.1 Å². The van der Waals surface area contributed by atoms with Crippen molar-refractivity contribution >= 4 is 33.3 Å². The summed E-state index contributed by atoms with van der Waals surface area (Å²) in [5, 5.41) is 10.0. The fourth-order valence-corrected chi connectivity index (χ4v) is 3.99. The Bertz CT molecular complexity index is 914. The number of nitrogens with zero attached hydrogens (tertiary/aromatic N) is 5. The first-order valence-electron chi connectivity index (χ1n) is 6.89. The van der Waals surface area contributed by atoms with Gasteiger partial charge in [-0.3, -0.25) is 4.98 Å². The van der Waals surface area contributed by atoms with Crippen LogP contribution < -0.4 is 5.84 Å². The standard InChI is InChI=1S/C15H12N6S2/c16-21-14(10-4-3-7-17-8-10)19-20-15(21)22-9-13-18-11-5-1-2-6-12(11)23-13/h1-8H,9,16H2. The van der Waals surface area contributed by atoms with E-state index in [0.29, 0.717) is 16.7 Å². The van der Waals surface area contributed by atoms with Crippen molar-refractivity contribution < 1.29 is 0 Å². The summed E-state index contributed by atoms with van der Waals surface area (Å²) in [4.78, 5) is 8.69. The highest BCUT2D eigenvalue weighted by Crippen LogP contribution is 2.28. The number of nitrogen functional groups attached to an aromatic ring is 1. The van der Waals surface area contributed by atoms with Crippen LogP contribution in [-0.4, -0.2) is 24.8 Å². The number of thioether (sulfide) groups is 1. The number of benzene rings is 1. The summed E-state index contributed by atoms with van der Waals surface area (Å²) in [5.74, 6) is 7.41. The Balaban J connectivity index is 1.54. The zero-order chi connectivity index (χ0) is 15.6. The van der Waals surface area contributed by atoms with Crippen molar-refractivity contribution in [1.82, 2.24) is 24.8 Å². The van der Waals surface area contributed by atoms with E-state index in [2.05, 4.69) is 26.2 Å². The van der Waals surface area contributed by atoms with Gasteiger partial charge in [-0.15, -0.1) is 21.5 Å². The van der Waals surface area contributed by atoms with Crippen LogP contribution in [0.2, 0.25) is 0 Å². The molecule has 0 spiro atoms. The Morgan fingerprint density at radius 3 is 2.87 bits per heavy atom. The molecule has 0 aliphatic heterocycles. The summed E-state index contributed by atoms with van der Waals surface area (Å²) in [5.41, 5.74) is 1.87. The van der Waals surface area contributed by atoms with E-state index in [0.717, 1.165) is 16.1 Å². The van der Waals surface area contributed by atoms with Gasteiger partial charge in [0.2, 0.25) is 5.16 Å². The number of para-hydroxylation sites is 1. The predicted molar refractivity (Wildman–Crippen MR) is 92.6 cm³/mol. The van der Waals surface area contributed by atoms with E-state index in [9.17, 15) is 0 Å². The van der Waals surface area contributed by atoms with E-state index in [1.54, 1.807) is 23.7 Å². The third-order valence-electron chi connectivity index (χ3n) is 3.25. The predicted octanol–water partition coefficient (Wildman–Crippen LogP) is 2.96. The topological polar surface area (TPSA) is 82.5 Å². The second kappa shape index (κ2) is 5.98. The fourth-order valence-electron chi connectivity index (χ4n) is 2.18. The first-order chi connectivity index (χ1) is 11.3. The van der Waals surface area contributed by atoms with Crippen LogP contribution in [0.25, 0.3) is 21.6 Å². The molecule has 0 saturated heterocycles. The Labute approximate surface area is 140 Å². The molecule has 0 radical (unpaired) electrons. The van der Waals surface area contributed by atoms with Crippen LogP contribution in [-0.2, 0) is 5.75 Å². The average molecular weight is 340 g/mol. The van der Waals surface area contributed by atoms with Gasteiger partial charge in [0.25, 0.3) is 0 Å². The molecule has 0 aliphatic carbocycles. The number of pyridine rings is 1. The molecule has 0 amide bonds. The molecule has 6 nitrogen and oxygen atoms in total. The maximum absolute atomic E-state index is 6.10. The average Bonchev–Trinajstić information content (AvgIpc) is 3.17. The van der Waals surface area contributed by atoms with Gasteiger partial charge in [0.05, 0.1) is 16.0 Å². The van der Waals surface area contributed by atoms with E-state index < -0.39 is 0 Å². The van der Waals surface area contributed by atoms with Crippen molar-refractivity contribution in [2.45, 2.75) is 10.9 Å². The highest BCUT2D eigenvalue weighted by molar-refractivity contribution is 7.98. The van der Waals surface area contributed by atoms with Crippen LogP contribution in [0, 0.1) is 0 Å². The normalized spacial score (nSPS) is 11.1. The molecule has 1 aromatic carbocycles. The van der Waals surface area contributed by atoms with E-state index in [4.69, 9.17) is 5.84 Å². The summed E-state index contributed by atoms with van der Waals surface area (Å²) >= 11 is 3.21. The molecule has 4 aromatic rings. The molecule has 2 N–H and O–H groups in total. The minimum Gasteiger partial charge on any atom is -0.335 e. The molecule has 0 atom stereocenters. The number of fused-ring (bicyclic) bond motifs is 1. The second-order valence-electron chi connectivity index (χ2n) is 4.78. The van der Waals surface area contributed by atoms with Gasteiger partial charge in [-0.25, -0.2) is 9.66 Å². The number of aromatic nitrogens is 5. The smallest absolute Gasteiger partial charge is 0.210 e. The van der Waals surface area contributed by atoms with Gasteiger partial charge < -0.3 is 5.84 Å². The minimum absolute atomic E-state index is 0.602. The highest BCUT2D eigenvalue weighted by atomic mass is 32.2. The van der Waals surface area contributed by atoms with E-state index in [-0.39, 0.29) is 0 Å². The van der Waals surface area contributed by atoms with Crippen molar-refractivity contribution in [3.8, 4) is 11.4 Å². The molecule has 3 heterocycles. The summed E-state index contributed by atoms with van der Waals surface area (Å²) in [6.45, 7) is 0. The number of rotatable bonds is 4. The maximum atomic E-state index is 6.10. The molecule has 0 bridgehead atoms. The monoisotopic (exact) mass is 340 g/mol. The molecule has 4 rings (SSSR count). The summed E-state index contributed by atoms with van der Waals surface area (Å²) in [7, 11) is 0. The Kier molecular flexibility index (Phi) is 3.68. The van der Waals surface area contributed by atoms with Crippen molar-refractivity contribution in [3.63, 3.8) is 0 Å². The quantitative estimate of drug-likeness (QED) is 0.454. The van der Waals surface area contributed by atoms with E-state index in [1.165, 1.54) is 21.1 Å². The first kappa shape index (κ1) is 14.2. The molecular formula is C15H12N6S2. The van der Waals surface area contributed by atoms with E-state index >= 15 is 0 Å². The molecule has 0 aliphatic rings. The van der Waals surface area contributed by atoms with Crippen molar-refractivity contribution in [2.24, 2.45) is 0 Å². The molecule has 0 unspecified atom stereocenters. The summed E-state index contributed by atoms with van der Waals surface area (Å²) in [6.07, 6.45) is 3.43. The Hall–Kier alpha value is -2.45. The van der Waals surface area contributed by atoms with Crippen LogP contribution in [0.1, 0.15) is 5.01 Å². The van der Waals surface area contributed by atoms with Crippen LogP contribution in [0.5, 0.6) is 0 Å². The lowest BCUT2D eigenvalue weighted by atomic mass is 10.3. The maximum Gasteiger partial charge on any atom is 0.210 e.